The number of carbonyl (C=O) groups is 1. The summed E-state index contributed by atoms with van der Waals surface area (Å²) in [5.41, 5.74) is 0. The zero-order valence-corrected chi connectivity index (χ0v) is 15.9. The minimum atomic E-state index is -3.11. The highest BCUT2D eigenvalue weighted by Gasteiger charge is 2.35. The molecule has 0 saturated carbocycles. The predicted octanol–water partition coefficient (Wildman–Crippen LogP) is 2.84. The molecule has 26 heavy (non-hydrogen) atoms. The monoisotopic (exact) mass is 397 g/mol. The van der Waals surface area contributed by atoms with Gasteiger partial charge < -0.3 is 14.1 Å². The zero-order chi connectivity index (χ0) is 18.7. The van der Waals surface area contributed by atoms with Gasteiger partial charge in [-0.3, -0.25) is 4.79 Å². The fraction of sp³-hybridized carbons (Fsp3) is 0.389. The highest BCUT2D eigenvalue weighted by Crippen LogP contribution is 2.22. The third-order valence-electron chi connectivity index (χ3n) is 4.27. The lowest BCUT2D eigenvalue weighted by atomic mass is 10.2. The van der Waals surface area contributed by atoms with Crippen LogP contribution in [0.5, 0.6) is 5.75 Å². The lowest BCUT2D eigenvalue weighted by Crippen LogP contribution is -2.43. The van der Waals surface area contributed by atoms with E-state index in [9.17, 15) is 13.2 Å². The van der Waals surface area contributed by atoms with Crippen molar-refractivity contribution in [3.63, 3.8) is 0 Å². The maximum Gasteiger partial charge on any atom is 0.261 e. The Hall–Kier alpha value is -1.99. The molecule has 3 rings (SSSR count). The number of amides is 1. The maximum atomic E-state index is 12.7. The van der Waals surface area contributed by atoms with Crippen molar-refractivity contribution in [3.05, 3.63) is 52.9 Å². The van der Waals surface area contributed by atoms with Crippen molar-refractivity contribution >= 4 is 27.3 Å². The lowest BCUT2D eigenvalue weighted by Gasteiger charge is -2.27. The first-order chi connectivity index (χ1) is 12.3. The summed E-state index contributed by atoms with van der Waals surface area (Å²) >= 11 is 5.83. The van der Waals surface area contributed by atoms with Gasteiger partial charge in [-0.05, 0) is 49.7 Å². The number of carbonyl (C=O) groups excluding carboxylic acids is 1. The molecular formula is C18H20ClNO5S. The Morgan fingerprint density at radius 3 is 2.58 bits per heavy atom. The summed E-state index contributed by atoms with van der Waals surface area (Å²) in [6.45, 7) is 1.86. The van der Waals surface area contributed by atoms with Gasteiger partial charge >= 0.3 is 0 Å². The molecule has 0 spiro atoms. The van der Waals surface area contributed by atoms with Gasteiger partial charge in [-0.1, -0.05) is 11.6 Å². The molecule has 0 unspecified atom stereocenters. The first kappa shape index (κ1) is 18.8. The van der Waals surface area contributed by atoms with Crippen molar-refractivity contribution in [1.82, 2.24) is 4.90 Å². The van der Waals surface area contributed by atoms with Gasteiger partial charge in [0, 0.05) is 11.1 Å². The quantitative estimate of drug-likeness (QED) is 0.749. The normalized spacial score (nSPS) is 18.6. The number of furan rings is 1. The first-order valence-corrected chi connectivity index (χ1v) is 10.5. The van der Waals surface area contributed by atoms with Crippen molar-refractivity contribution in [1.29, 1.82) is 0 Å². The summed E-state index contributed by atoms with van der Waals surface area (Å²) in [7, 11) is -3.11. The van der Waals surface area contributed by atoms with Crippen LogP contribution in [0.1, 0.15) is 17.9 Å². The molecule has 0 N–H and O–H groups in total. The molecule has 6 nitrogen and oxygen atoms in total. The third kappa shape index (κ3) is 4.80. The second-order valence-corrected chi connectivity index (χ2v) is 9.00. The Morgan fingerprint density at radius 2 is 2.00 bits per heavy atom. The average Bonchev–Trinajstić information content (AvgIpc) is 3.16. The Bertz CT molecular complexity index is 875. The number of rotatable bonds is 6. The third-order valence-corrected chi connectivity index (χ3v) is 6.27. The average molecular weight is 398 g/mol. The van der Waals surface area contributed by atoms with Crippen molar-refractivity contribution < 1.29 is 22.4 Å². The Balaban J connectivity index is 1.71. The number of aryl methyl sites for hydroxylation is 1. The van der Waals surface area contributed by atoms with Gasteiger partial charge in [0.2, 0.25) is 0 Å². The van der Waals surface area contributed by atoms with E-state index in [4.69, 9.17) is 20.8 Å². The van der Waals surface area contributed by atoms with Crippen LogP contribution in [0.15, 0.2) is 40.8 Å². The number of hydrogen-bond donors (Lipinski definition) is 0. The number of ether oxygens (including phenoxy) is 1. The molecule has 0 aliphatic carbocycles. The SMILES string of the molecule is Cc1ccc(CN(C(=O)COc2ccc(Cl)cc2)[C@H]2CCS(=O)(=O)C2)o1. The molecule has 2 heterocycles. The van der Waals surface area contributed by atoms with Crippen LogP contribution in [0.25, 0.3) is 0 Å². The molecular weight excluding hydrogens is 378 g/mol. The molecule has 1 aliphatic rings. The van der Waals surface area contributed by atoms with Crippen molar-refractivity contribution in [2.24, 2.45) is 0 Å². The van der Waals surface area contributed by atoms with E-state index in [2.05, 4.69) is 0 Å². The van der Waals surface area contributed by atoms with E-state index in [0.29, 0.717) is 23.0 Å². The molecule has 1 fully saturated rings. The molecule has 1 amide bonds. The van der Waals surface area contributed by atoms with E-state index in [1.807, 2.05) is 13.0 Å². The zero-order valence-electron chi connectivity index (χ0n) is 14.4. The summed E-state index contributed by atoms with van der Waals surface area (Å²) in [4.78, 5) is 14.3. The van der Waals surface area contributed by atoms with Crippen LogP contribution >= 0.6 is 11.6 Å². The Kier molecular flexibility index (Phi) is 5.58. The van der Waals surface area contributed by atoms with E-state index in [0.717, 1.165) is 5.76 Å². The molecule has 1 saturated heterocycles. The van der Waals surface area contributed by atoms with Crippen molar-refractivity contribution in [2.75, 3.05) is 18.1 Å². The van der Waals surface area contributed by atoms with Crippen LogP contribution in [0.4, 0.5) is 0 Å². The molecule has 1 aromatic carbocycles. The largest absolute Gasteiger partial charge is 0.484 e. The minimum absolute atomic E-state index is 0.0284. The van der Waals surface area contributed by atoms with E-state index >= 15 is 0 Å². The lowest BCUT2D eigenvalue weighted by molar-refractivity contribution is -0.136. The van der Waals surface area contributed by atoms with Crippen LogP contribution in [-0.4, -0.2) is 43.4 Å². The number of nitrogens with zero attached hydrogens (tertiary/aromatic N) is 1. The van der Waals surface area contributed by atoms with Gasteiger partial charge in [-0.25, -0.2) is 8.42 Å². The first-order valence-electron chi connectivity index (χ1n) is 8.26. The van der Waals surface area contributed by atoms with Gasteiger partial charge in [0.1, 0.15) is 17.3 Å². The van der Waals surface area contributed by atoms with Crippen molar-refractivity contribution in [2.45, 2.75) is 25.9 Å². The summed E-state index contributed by atoms with van der Waals surface area (Å²) in [5, 5.41) is 0.578. The van der Waals surface area contributed by atoms with Crippen molar-refractivity contribution in [3.8, 4) is 5.75 Å². The summed E-state index contributed by atoms with van der Waals surface area (Å²) in [6, 6.07) is 9.94. The van der Waals surface area contributed by atoms with Crippen LogP contribution in [0.3, 0.4) is 0 Å². The molecule has 1 aromatic heterocycles. The van der Waals surface area contributed by atoms with Gasteiger partial charge in [0.15, 0.2) is 16.4 Å². The molecule has 1 aliphatic heterocycles. The van der Waals surface area contributed by atoms with Gasteiger partial charge in [-0.15, -0.1) is 0 Å². The molecule has 1 atom stereocenters. The molecule has 0 radical (unpaired) electrons. The van der Waals surface area contributed by atoms with Crippen LogP contribution in [0, 0.1) is 6.92 Å². The topological polar surface area (TPSA) is 76.8 Å². The fourth-order valence-corrected chi connectivity index (χ4v) is 4.80. The molecule has 8 heteroatoms. The van der Waals surface area contributed by atoms with E-state index in [1.165, 1.54) is 0 Å². The number of benzene rings is 1. The summed E-state index contributed by atoms with van der Waals surface area (Å²) < 4.78 is 34.7. The fourth-order valence-electron chi connectivity index (χ4n) is 2.94. The molecule has 0 bridgehead atoms. The number of hydrogen-bond acceptors (Lipinski definition) is 5. The molecule has 2 aromatic rings. The number of halogens is 1. The van der Waals surface area contributed by atoms with Gasteiger partial charge in [0.25, 0.3) is 5.91 Å². The maximum absolute atomic E-state index is 12.7. The summed E-state index contributed by atoms with van der Waals surface area (Å²) in [5.74, 6) is 1.66. The highest BCUT2D eigenvalue weighted by molar-refractivity contribution is 7.91. The Labute approximate surface area is 157 Å². The van der Waals surface area contributed by atoms with Crippen LogP contribution in [-0.2, 0) is 21.2 Å². The summed E-state index contributed by atoms with van der Waals surface area (Å²) in [6.07, 6.45) is 0.425. The Morgan fingerprint density at radius 1 is 1.27 bits per heavy atom. The van der Waals surface area contributed by atoms with Crippen LogP contribution < -0.4 is 4.74 Å². The smallest absolute Gasteiger partial charge is 0.261 e. The van der Waals surface area contributed by atoms with Gasteiger partial charge in [-0.2, -0.15) is 0 Å². The highest BCUT2D eigenvalue weighted by atomic mass is 35.5. The van der Waals surface area contributed by atoms with Crippen LogP contribution in [0.2, 0.25) is 5.02 Å². The number of sulfone groups is 1. The van der Waals surface area contributed by atoms with E-state index in [1.54, 1.807) is 35.2 Å². The molecule has 140 valence electrons. The predicted molar refractivity (Wildman–Crippen MR) is 98.0 cm³/mol. The second-order valence-electron chi connectivity index (χ2n) is 6.33. The second kappa shape index (κ2) is 7.72. The van der Waals surface area contributed by atoms with Gasteiger partial charge in [0.05, 0.1) is 18.1 Å². The van der Waals surface area contributed by atoms with E-state index in [-0.39, 0.29) is 36.6 Å². The minimum Gasteiger partial charge on any atom is -0.484 e. The van der Waals surface area contributed by atoms with E-state index < -0.39 is 9.84 Å². The standard InChI is InChI=1S/C18H20ClNO5S/c1-13-2-5-17(25-13)10-20(15-8-9-26(22,23)12-15)18(21)11-24-16-6-3-14(19)4-7-16/h2-7,15H,8-12H2,1H3/t15-/m0/s1.